The molecule has 2 aromatic rings. The molecule has 1 amide bonds. The number of rotatable bonds is 8. The Morgan fingerprint density at radius 1 is 1.19 bits per heavy atom. The van der Waals surface area contributed by atoms with E-state index in [0.29, 0.717) is 24.4 Å². The molecule has 0 aliphatic rings. The Morgan fingerprint density at radius 3 is 2.44 bits per heavy atom. The summed E-state index contributed by atoms with van der Waals surface area (Å²) in [7, 11) is -3.85. The van der Waals surface area contributed by atoms with Crippen LogP contribution in [0.25, 0.3) is 0 Å². The number of nitrogens with zero attached hydrogens (tertiary/aromatic N) is 1. The molecular weight excluding hydrogens is 391 g/mol. The monoisotopic (exact) mass is 412 g/mol. The second kappa shape index (κ2) is 9.19. The van der Waals surface area contributed by atoms with E-state index in [2.05, 4.69) is 5.32 Å². The minimum atomic E-state index is -3.85. The van der Waals surface area contributed by atoms with Crippen LogP contribution in [0, 0.1) is 5.82 Å². The molecule has 0 bridgehead atoms. The lowest BCUT2D eigenvalue weighted by Crippen LogP contribution is -2.48. The zero-order valence-electron chi connectivity index (χ0n) is 15.2. The molecule has 0 heterocycles. The predicted molar refractivity (Wildman–Crippen MR) is 106 cm³/mol. The third kappa shape index (κ3) is 5.68. The van der Waals surface area contributed by atoms with Crippen LogP contribution < -0.4 is 9.62 Å². The van der Waals surface area contributed by atoms with Gasteiger partial charge in [0.2, 0.25) is 15.9 Å². The Bertz CT molecular complexity index is 905. The molecule has 0 saturated carbocycles. The van der Waals surface area contributed by atoms with Gasteiger partial charge in [-0.15, -0.1) is 0 Å². The van der Waals surface area contributed by atoms with Crippen molar-refractivity contribution in [2.24, 2.45) is 0 Å². The number of hydrogen-bond donors (Lipinski definition) is 1. The fraction of sp³-hybridized carbons (Fsp3) is 0.316. The lowest BCUT2D eigenvalue weighted by Gasteiger charge is -2.28. The molecule has 0 aromatic heterocycles. The highest BCUT2D eigenvalue weighted by atomic mass is 35.5. The van der Waals surface area contributed by atoms with Gasteiger partial charge in [0.05, 0.1) is 11.9 Å². The standard InChI is InChI=1S/C19H22ClFN2O3S/c1-14(23(27(2,25)26)18-12-6-5-11-17(18)21)19(24)22-13-7-9-15-8-3-4-10-16(15)20/h3-6,8,10-12,14H,7,9,13H2,1-2H3,(H,22,24)/t14-/m0/s1. The Balaban J connectivity index is 2.01. The minimum Gasteiger partial charge on any atom is -0.354 e. The Hall–Kier alpha value is -2.12. The number of para-hydroxylation sites is 1. The highest BCUT2D eigenvalue weighted by Gasteiger charge is 2.30. The van der Waals surface area contributed by atoms with Crippen LogP contribution in [-0.4, -0.2) is 33.2 Å². The van der Waals surface area contributed by atoms with Crippen molar-refractivity contribution in [1.82, 2.24) is 5.32 Å². The summed E-state index contributed by atoms with van der Waals surface area (Å²) in [4.78, 5) is 12.4. The summed E-state index contributed by atoms with van der Waals surface area (Å²) in [6, 6.07) is 11.8. The minimum absolute atomic E-state index is 0.154. The number of benzene rings is 2. The largest absolute Gasteiger partial charge is 0.354 e. The molecule has 5 nitrogen and oxygen atoms in total. The van der Waals surface area contributed by atoms with Crippen LogP contribution in [0.2, 0.25) is 5.02 Å². The number of nitrogens with one attached hydrogen (secondary N) is 1. The summed E-state index contributed by atoms with van der Waals surface area (Å²) < 4.78 is 39.2. The van der Waals surface area contributed by atoms with Gasteiger partial charge < -0.3 is 5.32 Å². The predicted octanol–water partition coefficient (Wildman–Crippen LogP) is 3.38. The smallest absolute Gasteiger partial charge is 0.243 e. The fourth-order valence-electron chi connectivity index (χ4n) is 2.75. The highest BCUT2D eigenvalue weighted by Crippen LogP contribution is 2.24. The number of anilines is 1. The topological polar surface area (TPSA) is 66.5 Å². The van der Waals surface area contributed by atoms with Crippen molar-refractivity contribution >= 4 is 33.2 Å². The molecular formula is C19H22ClFN2O3S. The molecule has 2 rings (SSSR count). The van der Waals surface area contributed by atoms with Crippen molar-refractivity contribution in [3.8, 4) is 0 Å². The molecule has 2 aromatic carbocycles. The maximum Gasteiger partial charge on any atom is 0.243 e. The summed E-state index contributed by atoms with van der Waals surface area (Å²) in [6.45, 7) is 1.78. The van der Waals surface area contributed by atoms with E-state index >= 15 is 0 Å². The number of sulfonamides is 1. The van der Waals surface area contributed by atoms with Crippen LogP contribution >= 0.6 is 11.6 Å². The molecule has 1 N–H and O–H groups in total. The molecule has 0 saturated heterocycles. The van der Waals surface area contributed by atoms with Crippen LogP contribution in [-0.2, 0) is 21.2 Å². The molecule has 146 valence electrons. The maximum atomic E-state index is 14.1. The summed E-state index contributed by atoms with van der Waals surface area (Å²) in [6.07, 6.45) is 2.26. The van der Waals surface area contributed by atoms with Crippen molar-refractivity contribution in [2.75, 3.05) is 17.1 Å². The van der Waals surface area contributed by atoms with Crippen LogP contribution in [0.5, 0.6) is 0 Å². The van der Waals surface area contributed by atoms with Gasteiger partial charge in [0.15, 0.2) is 0 Å². The number of amides is 1. The van der Waals surface area contributed by atoms with Gasteiger partial charge in [-0.05, 0) is 43.5 Å². The molecule has 0 aliphatic heterocycles. The van der Waals surface area contributed by atoms with Gasteiger partial charge in [0, 0.05) is 11.6 Å². The van der Waals surface area contributed by atoms with Gasteiger partial charge in [-0.25, -0.2) is 12.8 Å². The summed E-state index contributed by atoms with van der Waals surface area (Å²) in [5, 5.41) is 3.37. The molecule has 0 unspecified atom stereocenters. The molecule has 8 heteroatoms. The Morgan fingerprint density at radius 2 is 1.81 bits per heavy atom. The van der Waals surface area contributed by atoms with Gasteiger partial charge in [-0.1, -0.05) is 41.9 Å². The number of halogens is 2. The zero-order valence-corrected chi connectivity index (χ0v) is 16.7. The van der Waals surface area contributed by atoms with Crippen LogP contribution in [0.3, 0.4) is 0 Å². The number of carbonyl (C=O) groups excluding carboxylic acids is 1. The van der Waals surface area contributed by atoms with Crippen molar-refractivity contribution in [3.63, 3.8) is 0 Å². The van der Waals surface area contributed by atoms with E-state index in [0.717, 1.165) is 22.2 Å². The lowest BCUT2D eigenvalue weighted by atomic mass is 10.1. The van der Waals surface area contributed by atoms with Crippen LogP contribution in [0.4, 0.5) is 10.1 Å². The van der Waals surface area contributed by atoms with Gasteiger partial charge in [0.25, 0.3) is 0 Å². The maximum absolute atomic E-state index is 14.1. The fourth-order valence-corrected chi connectivity index (χ4v) is 4.16. The Labute approximate surface area is 164 Å². The second-order valence-corrected chi connectivity index (χ2v) is 8.44. The van der Waals surface area contributed by atoms with Crippen LogP contribution in [0.15, 0.2) is 48.5 Å². The second-order valence-electron chi connectivity index (χ2n) is 6.17. The first kappa shape index (κ1) is 21.2. The molecule has 1 atom stereocenters. The van der Waals surface area contributed by atoms with E-state index in [-0.39, 0.29) is 5.69 Å². The average molecular weight is 413 g/mol. The van der Waals surface area contributed by atoms with Crippen molar-refractivity contribution in [3.05, 3.63) is 64.9 Å². The number of hydrogen-bond acceptors (Lipinski definition) is 3. The molecule has 0 aliphatic carbocycles. The van der Waals surface area contributed by atoms with E-state index < -0.39 is 27.8 Å². The van der Waals surface area contributed by atoms with E-state index in [1.165, 1.54) is 25.1 Å². The molecule has 27 heavy (non-hydrogen) atoms. The van der Waals surface area contributed by atoms with Crippen LogP contribution in [0.1, 0.15) is 18.9 Å². The third-order valence-corrected chi connectivity index (χ3v) is 5.65. The third-order valence-electron chi connectivity index (χ3n) is 4.06. The summed E-state index contributed by atoms with van der Waals surface area (Å²) >= 11 is 6.09. The summed E-state index contributed by atoms with van der Waals surface area (Å²) in [5.41, 5.74) is 0.823. The van der Waals surface area contributed by atoms with Gasteiger partial charge >= 0.3 is 0 Å². The number of carbonyl (C=O) groups is 1. The van der Waals surface area contributed by atoms with Crippen molar-refractivity contribution in [1.29, 1.82) is 0 Å². The molecule has 0 spiro atoms. The quantitative estimate of drug-likeness (QED) is 0.676. The summed E-state index contributed by atoms with van der Waals surface area (Å²) in [5.74, 6) is -1.20. The zero-order chi connectivity index (χ0) is 20.0. The van der Waals surface area contributed by atoms with E-state index in [1.807, 2.05) is 18.2 Å². The molecule has 0 fully saturated rings. The first-order chi connectivity index (χ1) is 12.7. The average Bonchev–Trinajstić information content (AvgIpc) is 2.60. The van der Waals surface area contributed by atoms with Gasteiger partial charge in [-0.3, -0.25) is 9.10 Å². The molecule has 0 radical (unpaired) electrons. The highest BCUT2D eigenvalue weighted by molar-refractivity contribution is 7.92. The van der Waals surface area contributed by atoms with E-state index in [4.69, 9.17) is 11.6 Å². The van der Waals surface area contributed by atoms with Crippen molar-refractivity contribution in [2.45, 2.75) is 25.8 Å². The number of aryl methyl sites for hydroxylation is 1. The lowest BCUT2D eigenvalue weighted by molar-refractivity contribution is -0.121. The van der Waals surface area contributed by atoms with E-state index in [1.54, 1.807) is 6.07 Å². The SMILES string of the molecule is C[C@@H](C(=O)NCCCc1ccccc1Cl)N(c1ccccc1F)S(C)(=O)=O. The van der Waals surface area contributed by atoms with Crippen molar-refractivity contribution < 1.29 is 17.6 Å². The van der Waals surface area contributed by atoms with Gasteiger partial charge in [-0.2, -0.15) is 0 Å². The first-order valence-electron chi connectivity index (χ1n) is 8.47. The normalized spacial score (nSPS) is 12.4. The first-order valence-corrected chi connectivity index (χ1v) is 10.7. The Kier molecular flexibility index (Phi) is 7.21. The van der Waals surface area contributed by atoms with Gasteiger partial charge in [0.1, 0.15) is 11.9 Å². The van der Waals surface area contributed by atoms with E-state index in [9.17, 15) is 17.6 Å².